The maximum Gasteiger partial charge on any atom is 0.234 e. The molecule has 0 saturated carbocycles. The minimum atomic E-state index is -1.26. The largest absolute Gasteiger partial charge is 0.545 e. The molecule has 3 aromatic carbocycles. The zero-order valence-corrected chi connectivity index (χ0v) is 19.6. The summed E-state index contributed by atoms with van der Waals surface area (Å²) in [7, 11) is 0. The van der Waals surface area contributed by atoms with Gasteiger partial charge >= 0.3 is 0 Å². The molecule has 1 aliphatic heterocycles. The number of ether oxygens (including phenoxy) is 1. The topological polar surface area (TPSA) is 104 Å². The molecule has 0 bridgehead atoms. The zero-order valence-electron chi connectivity index (χ0n) is 18.8. The van der Waals surface area contributed by atoms with Crippen LogP contribution < -0.4 is 15.2 Å². The van der Waals surface area contributed by atoms with E-state index in [2.05, 4.69) is 16.4 Å². The van der Waals surface area contributed by atoms with Gasteiger partial charge in [-0.2, -0.15) is 4.98 Å². The average molecular weight is 483 g/mol. The molecule has 0 aliphatic carbocycles. The highest BCUT2D eigenvalue weighted by molar-refractivity contribution is 8.00. The minimum Gasteiger partial charge on any atom is -0.545 e. The molecule has 0 spiro atoms. The number of carbonyl (C=O) groups is 2. The smallest absolute Gasteiger partial charge is 0.234 e. The van der Waals surface area contributed by atoms with Crippen LogP contribution in [0.25, 0.3) is 11.4 Å². The minimum absolute atomic E-state index is 0.0500. The Morgan fingerprint density at radius 1 is 1.03 bits per heavy atom. The van der Waals surface area contributed by atoms with E-state index in [0.29, 0.717) is 28.8 Å². The number of anilines is 1. The van der Waals surface area contributed by atoms with Gasteiger partial charge in [-0.15, -0.1) is 0 Å². The molecule has 5 rings (SSSR count). The fourth-order valence-corrected chi connectivity index (χ4v) is 4.60. The van der Waals surface area contributed by atoms with Crippen molar-refractivity contribution in [3.63, 3.8) is 0 Å². The highest BCUT2D eigenvalue weighted by atomic mass is 32.2. The predicted molar refractivity (Wildman–Crippen MR) is 132 cm³/mol. The van der Waals surface area contributed by atoms with Crippen LogP contribution in [0.1, 0.15) is 27.0 Å². The molecule has 0 fully saturated rings. The highest BCUT2D eigenvalue weighted by Crippen LogP contribution is 2.40. The number of nitrogens with zero attached hydrogens (tertiary/aromatic N) is 2. The van der Waals surface area contributed by atoms with Crippen molar-refractivity contribution in [2.24, 2.45) is 0 Å². The number of aromatic carboxylic acids is 1. The number of aromatic nitrogens is 2. The SMILES string of the molecule is Cc1ccc2c(c1)Cc1c(nc(-c3ccccc3)nc1SCC(=O)Nc1ccc(C(=O)[O-])cc1)O2. The summed E-state index contributed by atoms with van der Waals surface area (Å²) in [6.07, 6.45) is 0.607. The van der Waals surface area contributed by atoms with Gasteiger partial charge in [0.25, 0.3) is 0 Å². The van der Waals surface area contributed by atoms with Crippen molar-refractivity contribution in [3.05, 3.63) is 95.1 Å². The summed E-state index contributed by atoms with van der Waals surface area (Å²) in [5, 5.41) is 14.4. The van der Waals surface area contributed by atoms with Crippen molar-refractivity contribution in [3.8, 4) is 23.0 Å². The number of thioether (sulfide) groups is 1. The fourth-order valence-electron chi connectivity index (χ4n) is 3.78. The van der Waals surface area contributed by atoms with Crippen molar-refractivity contribution in [1.29, 1.82) is 0 Å². The van der Waals surface area contributed by atoms with Gasteiger partial charge in [0.2, 0.25) is 11.8 Å². The normalized spacial score (nSPS) is 11.7. The maximum absolute atomic E-state index is 12.6. The molecule has 0 saturated heterocycles. The van der Waals surface area contributed by atoms with Crippen LogP contribution in [0.5, 0.6) is 11.6 Å². The molecule has 8 heteroatoms. The van der Waals surface area contributed by atoms with E-state index in [4.69, 9.17) is 9.72 Å². The van der Waals surface area contributed by atoms with Gasteiger partial charge in [-0.1, -0.05) is 71.9 Å². The summed E-state index contributed by atoms with van der Waals surface area (Å²) in [5.41, 5.74) is 4.44. The van der Waals surface area contributed by atoms with Gasteiger partial charge in [-0.3, -0.25) is 4.79 Å². The van der Waals surface area contributed by atoms with E-state index in [1.165, 1.54) is 36.0 Å². The fraction of sp³-hybridized carbons (Fsp3) is 0.111. The zero-order chi connectivity index (χ0) is 24.4. The number of carboxylic acid groups (broad SMARTS) is 1. The second-order valence-corrected chi connectivity index (χ2v) is 9.06. The Labute approximate surface area is 206 Å². The van der Waals surface area contributed by atoms with Crippen LogP contribution in [0.4, 0.5) is 5.69 Å². The van der Waals surface area contributed by atoms with Crippen molar-refractivity contribution in [2.75, 3.05) is 11.1 Å². The lowest BCUT2D eigenvalue weighted by Gasteiger charge is -2.22. The van der Waals surface area contributed by atoms with E-state index in [-0.39, 0.29) is 17.2 Å². The van der Waals surface area contributed by atoms with Crippen molar-refractivity contribution < 1.29 is 19.4 Å². The second kappa shape index (κ2) is 9.60. The van der Waals surface area contributed by atoms with Crippen LogP contribution in [0.3, 0.4) is 0 Å². The van der Waals surface area contributed by atoms with Crippen LogP contribution in [0.15, 0.2) is 77.8 Å². The first-order chi connectivity index (χ1) is 17.0. The standard InChI is InChI=1S/C27H21N3O4S/c1-16-7-12-22-19(13-16)14-21-25(34-22)29-24(17-5-3-2-4-6-17)30-26(21)35-15-23(31)28-20-10-8-18(9-11-20)27(32)33/h2-13H,14-15H2,1H3,(H,28,31)(H,32,33)/p-1. The molecule has 2 heterocycles. The Morgan fingerprint density at radius 2 is 1.80 bits per heavy atom. The molecule has 35 heavy (non-hydrogen) atoms. The number of carbonyl (C=O) groups excluding carboxylic acids is 2. The maximum atomic E-state index is 12.6. The van der Waals surface area contributed by atoms with Gasteiger partial charge in [-0.25, -0.2) is 4.98 Å². The number of carboxylic acids is 1. The first-order valence-electron chi connectivity index (χ1n) is 10.9. The molecule has 0 atom stereocenters. The van der Waals surface area contributed by atoms with E-state index in [1.807, 2.05) is 49.4 Å². The van der Waals surface area contributed by atoms with Gasteiger partial charge in [0.1, 0.15) is 10.8 Å². The summed E-state index contributed by atoms with van der Waals surface area (Å²) < 4.78 is 6.15. The van der Waals surface area contributed by atoms with Crippen LogP contribution >= 0.6 is 11.8 Å². The average Bonchev–Trinajstić information content (AvgIpc) is 2.87. The summed E-state index contributed by atoms with van der Waals surface area (Å²) in [6.45, 7) is 2.03. The number of benzene rings is 3. The van der Waals surface area contributed by atoms with E-state index in [9.17, 15) is 14.7 Å². The van der Waals surface area contributed by atoms with Crippen LogP contribution in [0.2, 0.25) is 0 Å². The Balaban J connectivity index is 1.40. The number of rotatable bonds is 6. The summed E-state index contributed by atoms with van der Waals surface area (Å²) in [4.78, 5) is 33.0. The molecule has 174 valence electrons. The molecular weight excluding hydrogens is 462 g/mol. The van der Waals surface area contributed by atoms with E-state index < -0.39 is 5.97 Å². The Bertz CT molecular complexity index is 1420. The molecule has 0 radical (unpaired) electrons. The monoisotopic (exact) mass is 482 g/mol. The van der Waals surface area contributed by atoms with Crippen LogP contribution in [0, 0.1) is 6.92 Å². The molecule has 1 amide bonds. The molecule has 1 N–H and O–H groups in total. The van der Waals surface area contributed by atoms with Gasteiger partial charge in [0.15, 0.2) is 5.82 Å². The number of aryl methyl sites for hydroxylation is 1. The van der Waals surface area contributed by atoms with Crippen molar-refractivity contribution in [2.45, 2.75) is 18.4 Å². The third kappa shape index (κ3) is 5.02. The number of amides is 1. The predicted octanol–water partition coefficient (Wildman–Crippen LogP) is 4.24. The van der Waals surface area contributed by atoms with Crippen LogP contribution in [-0.4, -0.2) is 27.6 Å². The molecule has 1 aliphatic rings. The first-order valence-corrected chi connectivity index (χ1v) is 11.9. The third-order valence-corrected chi connectivity index (χ3v) is 6.52. The van der Waals surface area contributed by atoms with Crippen LogP contribution in [-0.2, 0) is 11.2 Å². The molecule has 7 nitrogen and oxygen atoms in total. The Hall–Kier alpha value is -4.17. The highest BCUT2D eigenvalue weighted by Gasteiger charge is 2.24. The van der Waals surface area contributed by atoms with Gasteiger partial charge in [0, 0.05) is 17.7 Å². The van der Waals surface area contributed by atoms with Gasteiger partial charge in [-0.05, 0) is 36.2 Å². The lowest BCUT2D eigenvalue weighted by Crippen LogP contribution is -2.22. The first kappa shape index (κ1) is 22.6. The van der Waals surface area contributed by atoms with E-state index >= 15 is 0 Å². The summed E-state index contributed by atoms with van der Waals surface area (Å²) in [5.74, 6) is 0.407. The lowest BCUT2D eigenvalue weighted by atomic mass is 10.0. The molecule has 0 unspecified atom stereocenters. The molecule has 1 aromatic heterocycles. The second-order valence-electron chi connectivity index (χ2n) is 8.09. The number of hydrogen-bond acceptors (Lipinski definition) is 7. The van der Waals surface area contributed by atoms with Gasteiger partial charge < -0.3 is 20.0 Å². The third-order valence-electron chi connectivity index (χ3n) is 5.50. The molecule has 4 aromatic rings. The van der Waals surface area contributed by atoms with Crippen molar-refractivity contribution >= 4 is 29.3 Å². The summed E-state index contributed by atoms with van der Waals surface area (Å²) >= 11 is 1.31. The summed E-state index contributed by atoms with van der Waals surface area (Å²) in [6, 6.07) is 21.5. The van der Waals surface area contributed by atoms with Gasteiger partial charge in [0.05, 0.1) is 17.3 Å². The van der Waals surface area contributed by atoms with E-state index in [1.54, 1.807) is 0 Å². The quantitative estimate of drug-likeness (QED) is 0.285. The number of hydrogen-bond donors (Lipinski definition) is 1. The Kier molecular flexibility index (Phi) is 6.20. The van der Waals surface area contributed by atoms with Crippen molar-refractivity contribution in [1.82, 2.24) is 9.97 Å². The Morgan fingerprint density at radius 3 is 2.54 bits per heavy atom. The lowest BCUT2D eigenvalue weighted by molar-refractivity contribution is -0.255. The number of nitrogens with one attached hydrogen (secondary N) is 1. The number of fused-ring (bicyclic) bond motifs is 2. The molecular formula is C27H20N3O4S-. The van der Waals surface area contributed by atoms with E-state index in [0.717, 1.165) is 28.0 Å².